The Bertz CT molecular complexity index is 528. The van der Waals surface area contributed by atoms with Gasteiger partial charge in [0, 0.05) is 5.56 Å². The highest BCUT2D eigenvalue weighted by Gasteiger charge is 2.13. The standard InChI is InChI=1S/C17H18O/c1-13(12-15-8-4-3-5-9-15)16-10-6-7-11-17(16)14(2)18/h3-11,13H,12H2,1-2H3. The van der Waals surface area contributed by atoms with Crippen LogP contribution in [0.25, 0.3) is 0 Å². The molecule has 2 aromatic carbocycles. The Kier molecular flexibility index (Phi) is 3.93. The molecule has 0 aromatic heterocycles. The average Bonchev–Trinajstić information content (AvgIpc) is 2.40. The summed E-state index contributed by atoms with van der Waals surface area (Å²) >= 11 is 0. The molecule has 0 N–H and O–H groups in total. The van der Waals surface area contributed by atoms with Gasteiger partial charge in [0.1, 0.15) is 0 Å². The summed E-state index contributed by atoms with van der Waals surface area (Å²) in [5, 5.41) is 0. The van der Waals surface area contributed by atoms with Gasteiger partial charge in [-0.2, -0.15) is 0 Å². The summed E-state index contributed by atoms with van der Waals surface area (Å²) in [5.74, 6) is 0.498. The highest BCUT2D eigenvalue weighted by molar-refractivity contribution is 5.95. The number of carbonyl (C=O) groups is 1. The summed E-state index contributed by atoms with van der Waals surface area (Å²) in [4.78, 5) is 11.6. The van der Waals surface area contributed by atoms with E-state index in [-0.39, 0.29) is 5.78 Å². The van der Waals surface area contributed by atoms with Gasteiger partial charge < -0.3 is 0 Å². The first kappa shape index (κ1) is 12.6. The van der Waals surface area contributed by atoms with E-state index in [4.69, 9.17) is 0 Å². The molecule has 0 heterocycles. The SMILES string of the molecule is CC(=O)c1ccccc1C(C)Cc1ccccc1. The number of benzene rings is 2. The summed E-state index contributed by atoms with van der Waals surface area (Å²) in [5.41, 5.74) is 3.30. The van der Waals surface area contributed by atoms with Crippen molar-refractivity contribution in [3.8, 4) is 0 Å². The van der Waals surface area contributed by atoms with Crippen molar-refractivity contribution < 1.29 is 4.79 Å². The second kappa shape index (κ2) is 5.63. The minimum Gasteiger partial charge on any atom is -0.295 e. The molecule has 0 radical (unpaired) electrons. The minimum atomic E-state index is 0.144. The van der Waals surface area contributed by atoms with E-state index < -0.39 is 0 Å². The van der Waals surface area contributed by atoms with Crippen molar-refractivity contribution in [1.82, 2.24) is 0 Å². The molecule has 0 aliphatic rings. The maximum Gasteiger partial charge on any atom is 0.160 e. The number of hydrogen-bond acceptors (Lipinski definition) is 1. The molecule has 0 aliphatic heterocycles. The second-order valence-electron chi connectivity index (χ2n) is 4.73. The van der Waals surface area contributed by atoms with Gasteiger partial charge in [-0.1, -0.05) is 61.5 Å². The topological polar surface area (TPSA) is 17.1 Å². The molecule has 0 bridgehead atoms. The van der Waals surface area contributed by atoms with Crippen molar-refractivity contribution in [3.05, 3.63) is 71.3 Å². The van der Waals surface area contributed by atoms with Gasteiger partial charge >= 0.3 is 0 Å². The van der Waals surface area contributed by atoms with Gasteiger partial charge in [-0.25, -0.2) is 0 Å². The van der Waals surface area contributed by atoms with E-state index in [0.717, 1.165) is 17.5 Å². The van der Waals surface area contributed by atoms with E-state index in [1.165, 1.54) is 5.56 Å². The molecule has 2 rings (SSSR count). The van der Waals surface area contributed by atoms with Crippen molar-refractivity contribution in [3.63, 3.8) is 0 Å². The van der Waals surface area contributed by atoms with E-state index in [0.29, 0.717) is 5.92 Å². The van der Waals surface area contributed by atoms with E-state index >= 15 is 0 Å². The fourth-order valence-electron chi connectivity index (χ4n) is 2.32. The van der Waals surface area contributed by atoms with Crippen LogP contribution in [0.3, 0.4) is 0 Å². The van der Waals surface area contributed by atoms with Crippen LogP contribution in [0.5, 0.6) is 0 Å². The van der Waals surface area contributed by atoms with E-state index in [1.54, 1.807) is 6.92 Å². The molecule has 0 saturated carbocycles. The Labute approximate surface area is 108 Å². The zero-order chi connectivity index (χ0) is 13.0. The van der Waals surface area contributed by atoms with Crippen molar-refractivity contribution in [2.45, 2.75) is 26.2 Å². The Hall–Kier alpha value is -1.89. The van der Waals surface area contributed by atoms with E-state index in [9.17, 15) is 4.79 Å². The largest absolute Gasteiger partial charge is 0.295 e. The molecule has 0 amide bonds. The van der Waals surface area contributed by atoms with Gasteiger partial charge in [0.25, 0.3) is 0 Å². The van der Waals surface area contributed by atoms with Crippen LogP contribution in [0, 0.1) is 0 Å². The third kappa shape index (κ3) is 2.86. The Balaban J connectivity index is 2.24. The van der Waals surface area contributed by atoms with E-state index in [2.05, 4.69) is 37.3 Å². The number of ketones is 1. The first-order valence-electron chi connectivity index (χ1n) is 6.32. The predicted octanol–water partition coefficient (Wildman–Crippen LogP) is 4.24. The molecular weight excluding hydrogens is 220 g/mol. The normalized spacial score (nSPS) is 12.1. The van der Waals surface area contributed by atoms with Crippen LogP contribution in [0.2, 0.25) is 0 Å². The van der Waals surface area contributed by atoms with Gasteiger partial charge in [0.2, 0.25) is 0 Å². The molecule has 1 unspecified atom stereocenters. The number of rotatable bonds is 4. The maximum absolute atomic E-state index is 11.6. The fourth-order valence-corrected chi connectivity index (χ4v) is 2.32. The summed E-state index contributed by atoms with van der Waals surface area (Å²) < 4.78 is 0. The first-order valence-corrected chi connectivity index (χ1v) is 6.32. The van der Waals surface area contributed by atoms with Crippen LogP contribution >= 0.6 is 0 Å². The summed E-state index contributed by atoms with van der Waals surface area (Å²) in [6.45, 7) is 3.81. The van der Waals surface area contributed by atoms with Gasteiger partial charge in [0.05, 0.1) is 0 Å². The predicted molar refractivity (Wildman–Crippen MR) is 75.0 cm³/mol. The number of hydrogen-bond donors (Lipinski definition) is 0. The molecule has 2 aromatic rings. The molecule has 1 heteroatoms. The average molecular weight is 238 g/mol. The Morgan fingerprint density at radius 2 is 1.61 bits per heavy atom. The maximum atomic E-state index is 11.6. The van der Waals surface area contributed by atoms with Crippen molar-refractivity contribution in [2.75, 3.05) is 0 Å². The van der Waals surface area contributed by atoms with Gasteiger partial charge in [-0.15, -0.1) is 0 Å². The molecule has 18 heavy (non-hydrogen) atoms. The quantitative estimate of drug-likeness (QED) is 0.728. The molecule has 1 nitrogen and oxygen atoms in total. The van der Waals surface area contributed by atoms with Crippen LogP contribution in [0.4, 0.5) is 0 Å². The zero-order valence-corrected chi connectivity index (χ0v) is 10.9. The molecule has 0 aliphatic carbocycles. The zero-order valence-electron chi connectivity index (χ0n) is 10.9. The minimum absolute atomic E-state index is 0.144. The van der Waals surface area contributed by atoms with Crippen LogP contribution in [-0.2, 0) is 6.42 Å². The molecular formula is C17H18O. The molecule has 1 atom stereocenters. The summed E-state index contributed by atoms with van der Waals surface area (Å²) in [6, 6.07) is 18.3. The summed E-state index contributed by atoms with van der Waals surface area (Å²) in [7, 11) is 0. The van der Waals surface area contributed by atoms with Crippen molar-refractivity contribution in [1.29, 1.82) is 0 Å². The van der Waals surface area contributed by atoms with Crippen LogP contribution in [-0.4, -0.2) is 5.78 Å². The van der Waals surface area contributed by atoms with Gasteiger partial charge in [-0.3, -0.25) is 4.79 Å². The fraction of sp³-hybridized carbons (Fsp3) is 0.235. The first-order chi connectivity index (χ1) is 8.68. The van der Waals surface area contributed by atoms with Gasteiger partial charge in [-0.05, 0) is 30.4 Å². The molecule has 92 valence electrons. The van der Waals surface area contributed by atoms with Gasteiger partial charge in [0.15, 0.2) is 5.78 Å². The number of carbonyl (C=O) groups excluding carboxylic acids is 1. The van der Waals surface area contributed by atoms with Crippen LogP contribution < -0.4 is 0 Å². The lowest BCUT2D eigenvalue weighted by Gasteiger charge is -2.15. The Morgan fingerprint density at radius 1 is 1.00 bits per heavy atom. The van der Waals surface area contributed by atoms with Crippen molar-refractivity contribution in [2.24, 2.45) is 0 Å². The molecule has 0 fully saturated rings. The van der Waals surface area contributed by atoms with E-state index in [1.807, 2.05) is 24.3 Å². The Morgan fingerprint density at radius 3 is 2.28 bits per heavy atom. The lowest BCUT2D eigenvalue weighted by molar-refractivity contribution is 0.101. The van der Waals surface area contributed by atoms with Crippen LogP contribution in [0.1, 0.15) is 41.3 Å². The lowest BCUT2D eigenvalue weighted by atomic mass is 9.89. The highest BCUT2D eigenvalue weighted by Crippen LogP contribution is 2.24. The summed E-state index contributed by atoms with van der Waals surface area (Å²) in [6.07, 6.45) is 0.963. The lowest BCUT2D eigenvalue weighted by Crippen LogP contribution is -2.05. The molecule has 0 saturated heterocycles. The monoisotopic (exact) mass is 238 g/mol. The second-order valence-corrected chi connectivity index (χ2v) is 4.73. The van der Waals surface area contributed by atoms with Crippen LogP contribution in [0.15, 0.2) is 54.6 Å². The third-order valence-electron chi connectivity index (χ3n) is 3.26. The smallest absolute Gasteiger partial charge is 0.160 e. The van der Waals surface area contributed by atoms with Crippen molar-refractivity contribution >= 4 is 5.78 Å². The third-order valence-corrected chi connectivity index (χ3v) is 3.26. The number of Topliss-reactive ketones (excluding diaryl/α,β-unsaturated/α-hetero) is 1. The highest BCUT2D eigenvalue weighted by atomic mass is 16.1. The molecule has 0 spiro atoms.